The second-order valence-electron chi connectivity index (χ2n) is 4.70. The van der Waals surface area contributed by atoms with Crippen LogP contribution in [0.2, 0.25) is 0 Å². The third-order valence-electron chi connectivity index (χ3n) is 2.70. The van der Waals surface area contributed by atoms with E-state index in [1.54, 1.807) is 13.8 Å². The minimum absolute atomic E-state index is 0.411. The van der Waals surface area contributed by atoms with Gasteiger partial charge in [0.05, 0.1) is 11.3 Å². The van der Waals surface area contributed by atoms with Crippen LogP contribution < -0.4 is 10.6 Å². The van der Waals surface area contributed by atoms with Gasteiger partial charge in [0, 0.05) is 0 Å². The van der Waals surface area contributed by atoms with E-state index in [2.05, 4.69) is 5.32 Å². The number of carboxylic acids is 1. The van der Waals surface area contributed by atoms with Gasteiger partial charge in [0.1, 0.15) is 6.04 Å². The van der Waals surface area contributed by atoms with Crippen LogP contribution in [0.1, 0.15) is 19.4 Å². The molecular formula is C13H15F3N2O3. The highest BCUT2D eigenvalue weighted by Crippen LogP contribution is 2.34. The molecule has 0 aromatic heterocycles. The molecule has 21 heavy (non-hydrogen) atoms. The molecule has 0 aliphatic rings. The van der Waals surface area contributed by atoms with E-state index >= 15 is 0 Å². The van der Waals surface area contributed by atoms with Gasteiger partial charge >= 0.3 is 18.2 Å². The molecule has 0 spiro atoms. The second-order valence-corrected chi connectivity index (χ2v) is 4.70. The summed E-state index contributed by atoms with van der Waals surface area (Å²) in [6.07, 6.45) is -4.62. The van der Waals surface area contributed by atoms with E-state index in [0.29, 0.717) is 0 Å². The Morgan fingerprint density at radius 1 is 1.19 bits per heavy atom. The maximum absolute atomic E-state index is 12.8. The van der Waals surface area contributed by atoms with Gasteiger partial charge in [-0.2, -0.15) is 13.2 Å². The SMILES string of the molecule is CC(C)[C@H](NC(=O)Nc1ccccc1C(F)(F)F)C(=O)O. The Morgan fingerprint density at radius 3 is 2.24 bits per heavy atom. The fourth-order valence-electron chi connectivity index (χ4n) is 1.65. The maximum atomic E-state index is 12.8. The highest BCUT2D eigenvalue weighted by molar-refractivity contribution is 5.93. The van der Waals surface area contributed by atoms with Crippen LogP contribution in [-0.2, 0) is 11.0 Å². The molecular weight excluding hydrogens is 289 g/mol. The molecule has 0 aliphatic heterocycles. The molecule has 1 atom stereocenters. The molecule has 0 saturated carbocycles. The number of aliphatic carboxylic acids is 1. The van der Waals surface area contributed by atoms with Gasteiger partial charge in [0.15, 0.2) is 0 Å². The summed E-state index contributed by atoms with van der Waals surface area (Å²) in [6, 6.07) is 2.25. The summed E-state index contributed by atoms with van der Waals surface area (Å²) in [4.78, 5) is 22.6. The van der Waals surface area contributed by atoms with Crippen LogP contribution in [0.15, 0.2) is 24.3 Å². The van der Waals surface area contributed by atoms with E-state index in [0.717, 1.165) is 12.1 Å². The Balaban J connectivity index is 2.87. The molecule has 1 rings (SSSR count). The van der Waals surface area contributed by atoms with Crippen molar-refractivity contribution in [3.05, 3.63) is 29.8 Å². The summed E-state index contributed by atoms with van der Waals surface area (Å²) in [5, 5.41) is 13.1. The molecule has 0 aliphatic carbocycles. The lowest BCUT2D eigenvalue weighted by molar-refractivity contribution is -0.140. The number of hydrogen-bond donors (Lipinski definition) is 3. The number of amides is 2. The molecule has 0 saturated heterocycles. The van der Waals surface area contributed by atoms with Crippen molar-refractivity contribution in [1.29, 1.82) is 0 Å². The van der Waals surface area contributed by atoms with Crippen molar-refractivity contribution < 1.29 is 27.9 Å². The van der Waals surface area contributed by atoms with Crippen molar-refractivity contribution in [2.45, 2.75) is 26.1 Å². The van der Waals surface area contributed by atoms with E-state index in [1.165, 1.54) is 12.1 Å². The number of para-hydroxylation sites is 1. The molecule has 0 fully saturated rings. The molecule has 1 aromatic rings. The van der Waals surface area contributed by atoms with Gasteiger partial charge < -0.3 is 15.7 Å². The molecule has 0 radical (unpaired) electrons. The van der Waals surface area contributed by atoms with Crippen molar-refractivity contribution in [2.75, 3.05) is 5.32 Å². The van der Waals surface area contributed by atoms with Gasteiger partial charge in [-0.3, -0.25) is 0 Å². The number of nitrogens with one attached hydrogen (secondary N) is 2. The van der Waals surface area contributed by atoms with Crippen LogP contribution in [0.4, 0.5) is 23.7 Å². The summed E-state index contributed by atoms with van der Waals surface area (Å²) in [7, 11) is 0. The van der Waals surface area contributed by atoms with Crippen molar-refractivity contribution >= 4 is 17.7 Å². The monoisotopic (exact) mass is 304 g/mol. The Bertz CT molecular complexity index is 530. The predicted molar refractivity (Wildman–Crippen MR) is 69.9 cm³/mol. The number of halogens is 3. The van der Waals surface area contributed by atoms with Crippen molar-refractivity contribution in [3.8, 4) is 0 Å². The van der Waals surface area contributed by atoms with E-state index in [9.17, 15) is 22.8 Å². The zero-order valence-corrected chi connectivity index (χ0v) is 11.4. The first kappa shape index (κ1) is 16.8. The third-order valence-corrected chi connectivity index (χ3v) is 2.70. The van der Waals surface area contributed by atoms with Crippen LogP contribution >= 0.6 is 0 Å². The van der Waals surface area contributed by atoms with Crippen molar-refractivity contribution in [2.24, 2.45) is 5.92 Å². The van der Waals surface area contributed by atoms with Crippen LogP contribution in [0.5, 0.6) is 0 Å². The average molecular weight is 304 g/mol. The third kappa shape index (κ3) is 4.66. The molecule has 0 heterocycles. The normalized spacial score (nSPS) is 12.9. The highest BCUT2D eigenvalue weighted by Gasteiger charge is 2.34. The topological polar surface area (TPSA) is 78.4 Å². The number of carbonyl (C=O) groups is 2. The van der Waals surface area contributed by atoms with Crippen LogP contribution in [0, 0.1) is 5.92 Å². The zero-order valence-electron chi connectivity index (χ0n) is 11.4. The lowest BCUT2D eigenvalue weighted by atomic mass is 10.1. The minimum atomic E-state index is -4.62. The van der Waals surface area contributed by atoms with Gasteiger partial charge in [0.25, 0.3) is 0 Å². The number of urea groups is 1. The van der Waals surface area contributed by atoms with Gasteiger partial charge in [-0.15, -0.1) is 0 Å². The predicted octanol–water partition coefficient (Wildman–Crippen LogP) is 2.94. The van der Waals surface area contributed by atoms with E-state index in [1.807, 2.05) is 5.32 Å². The maximum Gasteiger partial charge on any atom is 0.418 e. The summed E-state index contributed by atoms with van der Waals surface area (Å²) in [6.45, 7) is 3.14. The molecule has 3 N–H and O–H groups in total. The summed E-state index contributed by atoms with van der Waals surface area (Å²) in [5.74, 6) is -1.67. The summed E-state index contributed by atoms with van der Waals surface area (Å²) >= 11 is 0. The van der Waals surface area contributed by atoms with E-state index < -0.39 is 41.4 Å². The highest BCUT2D eigenvalue weighted by atomic mass is 19.4. The summed E-state index contributed by atoms with van der Waals surface area (Å²) < 4.78 is 38.3. The number of carbonyl (C=O) groups excluding carboxylic acids is 1. The Morgan fingerprint density at radius 2 is 1.76 bits per heavy atom. The van der Waals surface area contributed by atoms with Crippen molar-refractivity contribution in [1.82, 2.24) is 5.32 Å². The number of rotatable bonds is 4. The van der Waals surface area contributed by atoms with Gasteiger partial charge in [-0.25, -0.2) is 9.59 Å². The summed E-state index contributed by atoms with van der Waals surface area (Å²) in [5.41, 5.74) is -1.44. The molecule has 8 heteroatoms. The quantitative estimate of drug-likeness (QED) is 0.800. The minimum Gasteiger partial charge on any atom is -0.480 e. The Hall–Kier alpha value is -2.25. The number of benzene rings is 1. The van der Waals surface area contributed by atoms with Crippen LogP contribution in [-0.4, -0.2) is 23.1 Å². The van der Waals surface area contributed by atoms with Crippen LogP contribution in [0.25, 0.3) is 0 Å². The molecule has 2 amide bonds. The van der Waals surface area contributed by atoms with E-state index in [4.69, 9.17) is 5.11 Å². The van der Waals surface area contributed by atoms with E-state index in [-0.39, 0.29) is 0 Å². The smallest absolute Gasteiger partial charge is 0.418 e. The van der Waals surface area contributed by atoms with Gasteiger partial charge in [-0.05, 0) is 18.1 Å². The molecule has 1 aromatic carbocycles. The number of carboxylic acid groups (broad SMARTS) is 1. The Kier molecular flexibility index (Phi) is 5.17. The lowest BCUT2D eigenvalue weighted by Crippen LogP contribution is -2.46. The number of hydrogen-bond acceptors (Lipinski definition) is 2. The molecule has 0 unspecified atom stereocenters. The van der Waals surface area contributed by atoms with Gasteiger partial charge in [0.2, 0.25) is 0 Å². The molecule has 5 nitrogen and oxygen atoms in total. The second kappa shape index (κ2) is 6.47. The lowest BCUT2D eigenvalue weighted by Gasteiger charge is -2.19. The fraction of sp³-hybridized carbons (Fsp3) is 0.385. The van der Waals surface area contributed by atoms with Crippen molar-refractivity contribution in [3.63, 3.8) is 0 Å². The van der Waals surface area contributed by atoms with Crippen LogP contribution in [0.3, 0.4) is 0 Å². The first-order valence-corrected chi connectivity index (χ1v) is 6.09. The fourth-order valence-corrected chi connectivity index (χ4v) is 1.65. The van der Waals surface area contributed by atoms with Gasteiger partial charge in [-0.1, -0.05) is 26.0 Å². The Labute approximate surface area is 119 Å². The molecule has 0 bridgehead atoms. The molecule has 116 valence electrons. The number of anilines is 1. The largest absolute Gasteiger partial charge is 0.480 e. The zero-order chi connectivity index (χ0) is 16.2. The first-order valence-electron chi connectivity index (χ1n) is 6.09. The standard InChI is InChI=1S/C13H15F3N2O3/c1-7(2)10(11(19)20)18-12(21)17-9-6-4-3-5-8(9)13(14,15)16/h3-7,10H,1-2H3,(H,19,20)(H2,17,18,21)/t10-/m0/s1. The first-order chi connectivity index (χ1) is 9.62. The number of alkyl halides is 3. The average Bonchev–Trinajstić information content (AvgIpc) is 2.34.